The molecule has 1 aliphatic rings. The summed E-state index contributed by atoms with van der Waals surface area (Å²) in [5.74, 6) is 0.0168. The van der Waals surface area contributed by atoms with Crippen molar-refractivity contribution in [3.63, 3.8) is 0 Å². The molecule has 1 aromatic carbocycles. The molecule has 1 fully saturated rings. The molecule has 100 valence electrons. The van der Waals surface area contributed by atoms with Crippen LogP contribution in [0.2, 0.25) is 0 Å². The third-order valence-corrected chi connectivity index (χ3v) is 3.64. The van der Waals surface area contributed by atoms with Crippen molar-refractivity contribution in [2.45, 2.75) is 19.4 Å². The Morgan fingerprint density at radius 2 is 2.32 bits per heavy atom. The van der Waals surface area contributed by atoms with Gasteiger partial charge >= 0.3 is 0 Å². The number of carbonyl (C=O) groups is 1. The number of hydrogen-bond acceptors (Lipinski definition) is 2. The van der Waals surface area contributed by atoms with E-state index in [1.807, 2.05) is 0 Å². The van der Waals surface area contributed by atoms with Crippen LogP contribution in [-0.4, -0.2) is 22.0 Å². The monoisotopic (exact) mass is 279 g/mol. The number of H-pyrrole nitrogens is 1. The second-order valence-electron chi connectivity index (χ2n) is 4.81. The largest absolute Gasteiger partial charge is 0.354 e. The highest BCUT2D eigenvalue weighted by atomic mass is 32.1. The average molecular weight is 279 g/mol. The SMILES string of the molecule is O=C(NCCn1c(=S)[nH]c2ccc(F)cc21)C1CC1. The number of hydrogen-bond donors (Lipinski definition) is 2. The molecular formula is C13H14FN3OS. The van der Waals surface area contributed by atoms with E-state index in [2.05, 4.69) is 10.3 Å². The number of nitrogens with zero attached hydrogens (tertiary/aromatic N) is 1. The normalized spacial score (nSPS) is 14.8. The van der Waals surface area contributed by atoms with Gasteiger partial charge in [0, 0.05) is 19.0 Å². The molecule has 4 nitrogen and oxygen atoms in total. The summed E-state index contributed by atoms with van der Waals surface area (Å²) in [7, 11) is 0. The fourth-order valence-corrected chi connectivity index (χ4v) is 2.43. The van der Waals surface area contributed by atoms with Crippen LogP contribution >= 0.6 is 12.2 Å². The van der Waals surface area contributed by atoms with Gasteiger partial charge in [-0.3, -0.25) is 4.79 Å². The number of benzene rings is 1. The third kappa shape index (κ3) is 2.53. The number of fused-ring (bicyclic) bond motifs is 1. The maximum atomic E-state index is 13.3. The maximum Gasteiger partial charge on any atom is 0.223 e. The second kappa shape index (κ2) is 4.77. The van der Waals surface area contributed by atoms with Crippen molar-refractivity contribution >= 4 is 29.2 Å². The average Bonchev–Trinajstić information content (AvgIpc) is 3.17. The number of aromatic amines is 1. The molecule has 1 aliphatic carbocycles. The van der Waals surface area contributed by atoms with Crippen molar-refractivity contribution in [2.75, 3.05) is 6.54 Å². The predicted molar refractivity (Wildman–Crippen MR) is 72.8 cm³/mol. The van der Waals surface area contributed by atoms with Crippen molar-refractivity contribution in [1.29, 1.82) is 0 Å². The summed E-state index contributed by atoms with van der Waals surface area (Å²) in [5, 5.41) is 2.88. The van der Waals surface area contributed by atoms with Gasteiger partial charge in [-0.15, -0.1) is 0 Å². The number of rotatable bonds is 4. The standard InChI is InChI=1S/C13H14FN3OS/c14-9-3-4-10-11(7-9)17(13(19)16-10)6-5-15-12(18)8-1-2-8/h3-4,7-8H,1-2,5-6H2,(H,15,18)(H,16,19). The number of nitrogens with one attached hydrogen (secondary N) is 2. The zero-order valence-electron chi connectivity index (χ0n) is 10.3. The van der Waals surface area contributed by atoms with Crippen LogP contribution < -0.4 is 5.32 Å². The lowest BCUT2D eigenvalue weighted by molar-refractivity contribution is -0.122. The van der Waals surface area contributed by atoms with Crippen LogP contribution in [0.4, 0.5) is 4.39 Å². The Hall–Kier alpha value is -1.69. The molecule has 1 amide bonds. The van der Waals surface area contributed by atoms with Crippen LogP contribution in [-0.2, 0) is 11.3 Å². The minimum absolute atomic E-state index is 0.109. The Kier molecular flexibility index (Phi) is 3.10. The Morgan fingerprint density at radius 1 is 1.53 bits per heavy atom. The molecular weight excluding hydrogens is 265 g/mol. The predicted octanol–water partition coefficient (Wildman–Crippen LogP) is 2.36. The van der Waals surface area contributed by atoms with Crippen molar-refractivity contribution in [3.8, 4) is 0 Å². The van der Waals surface area contributed by atoms with Gasteiger partial charge in [-0.25, -0.2) is 4.39 Å². The highest BCUT2D eigenvalue weighted by Crippen LogP contribution is 2.28. The van der Waals surface area contributed by atoms with Crippen LogP contribution in [0.3, 0.4) is 0 Å². The first-order valence-corrected chi connectivity index (χ1v) is 6.72. The zero-order valence-corrected chi connectivity index (χ0v) is 11.1. The first kappa shape index (κ1) is 12.3. The zero-order chi connectivity index (χ0) is 13.4. The first-order chi connectivity index (χ1) is 9.15. The van der Waals surface area contributed by atoms with E-state index in [0.717, 1.165) is 23.9 Å². The molecule has 6 heteroatoms. The Morgan fingerprint density at radius 3 is 3.05 bits per heavy atom. The van der Waals surface area contributed by atoms with Gasteiger partial charge < -0.3 is 14.9 Å². The summed E-state index contributed by atoms with van der Waals surface area (Å²) in [5.41, 5.74) is 1.53. The van der Waals surface area contributed by atoms with Crippen molar-refractivity contribution in [2.24, 2.45) is 5.92 Å². The number of imidazole rings is 1. The molecule has 1 saturated carbocycles. The number of aromatic nitrogens is 2. The van der Waals surface area contributed by atoms with Gasteiger partial charge in [0.2, 0.25) is 5.91 Å². The molecule has 2 aromatic rings. The summed E-state index contributed by atoms with van der Waals surface area (Å²) >= 11 is 5.21. The molecule has 0 radical (unpaired) electrons. The lowest BCUT2D eigenvalue weighted by Crippen LogP contribution is -2.28. The second-order valence-corrected chi connectivity index (χ2v) is 5.20. The molecule has 0 atom stereocenters. The van der Waals surface area contributed by atoms with Gasteiger partial charge in [0.15, 0.2) is 4.77 Å². The van der Waals surface area contributed by atoms with Crippen molar-refractivity contribution in [3.05, 3.63) is 28.8 Å². The van der Waals surface area contributed by atoms with E-state index in [-0.39, 0.29) is 17.6 Å². The topological polar surface area (TPSA) is 49.8 Å². The fraction of sp³-hybridized carbons (Fsp3) is 0.385. The van der Waals surface area contributed by atoms with Gasteiger partial charge in [-0.1, -0.05) is 0 Å². The minimum Gasteiger partial charge on any atom is -0.354 e. The quantitative estimate of drug-likeness (QED) is 0.844. The Bertz CT molecular complexity index is 687. The molecule has 0 unspecified atom stereocenters. The van der Waals surface area contributed by atoms with Crippen molar-refractivity contribution < 1.29 is 9.18 Å². The Labute approximate surface area is 114 Å². The molecule has 3 rings (SSSR count). The van der Waals surface area contributed by atoms with E-state index in [9.17, 15) is 9.18 Å². The summed E-state index contributed by atoms with van der Waals surface area (Å²) in [6.45, 7) is 1.05. The van der Waals surface area contributed by atoms with E-state index < -0.39 is 0 Å². The van der Waals surface area contributed by atoms with Gasteiger partial charge in [-0.05, 0) is 43.3 Å². The van der Waals surface area contributed by atoms with Crippen LogP contribution in [0.15, 0.2) is 18.2 Å². The van der Waals surface area contributed by atoms with E-state index in [0.29, 0.717) is 17.9 Å². The first-order valence-electron chi connectivity index (χ1n) is 6.31. The molecule has 2 N–H and O–H groups in total. The molecule has 0 saturated heterocycles. The van der Waals surface area contributed by atoms with Crippen LogP contribution in [0, 0.1) is 16.5 Å². The molecule has 1 heterocycles. The highest BCUT2D eigenvalue weighted by Gasteiger charge is 2.29. The smallest absolute Gasteiger partial charge is 0.223 e. The number of amides is 1. The molecule has 0 spiro atoms. The summed E-state index contributed by atoms with van der Waals surface area (Å²) < 4.78 is 15.6. The lowest BCUT2D eigenvalue weighted by atomic mass is 10.3. The lowest BCUT2D eigenvalue weighted by Gasteiger charge is -2.06. The fourth-order valence-electron chi connectivity index (χ4n) is 2.13. The third-order valence-electron chi connectivity index (χ3n) is 3.32. The van der Waals surface area contributed by atoms with E-state index in [1.54, 1.807) is 10.6 Å². The summed E-state index contributed by atoms with van der Waals surface area (Å²) in [6.07, 6.45) is 1.98. The highest BCUT2D eigenvalue weighted by molar-refractivity contribution is 7.71. The Balaban J connectivity index is 1.76. The minimum atomic E-state index is -0.294. The van der Waals surface area contributed by atoms with Crippen LogP contribution in [0.25, 0.3) is 11.0 Å². The van der Waals surface area contributed by atoms with Crippen molar-refractivity contribution in [1.82, 2.24) is 14.9 Å². The molecule has 0 bridgehead atoms. The van der Waals surface area contributed by atoms with E-state index in [4.69, 9.17) is 12.2 Å². The van der Waals surface area contributed by atoms with Gasteiger partial charge in [0.25, 0.3) is 0 Å². The molecule has 1 aromatic heterocycles. The van der Waals surface area contributed by atoms with Crippen LogP contribution in [0.5, 0.6) is 0 Å². The summed E-state index contributed by atoms with van der Waals surface area (Å²) in [4.78, 5) is 14.5. The van der Waals surface area contributed by atoms with Crippen LogP contribution in [0.1, 0.15) is 12.8 Å². The molecule has 0 aliphatic heterocycles. The molecule has 19 heavy (non-hydrogen) atoms. The van der Waals surface area contributed by atoms with Gasteiger partial charge in [0.05, 0.1) is 11.0 Å². The van der Waals surface area contributed by atoms with E-state index >= 15 is 0 Å². The van der Waals surface area contributed by atoms with Gasteiger partial charge in [0.1, 0.15) is 5.82 Å². The van der Waals surface area contributed by atoms with E-state index in [1.165, 1.54) is 12.1 Å². The summed E-state index contributed by atoms with van der Waals surface area (Å²) in [6, 6.07) is 4.51. The maximum absolute atomic E-state index is 13.3. The van der Waals surface area contributed by atoms with Gasteiger partial charge in [-0.2, -0.15) is 0 Å². The number of carbonyl (C=O) groups excluding carboxylic acids is 1. The number of halogens is 1.